The molecule has 38 heteroatoms. The van der Waals surface area contributed by atoms with E-state index in [0.29, 0.717) is 12.8 Å². The van der Waals surface area contributed by atoms with Gasteiger partial charge in [-0.2, -0.15) is 0 Å². The predicted octanol–water partition coefficient (Wildman–Crippen LogP) is -0.630. The molecule has 0 aromatic carbocycles. The van der Waals surface area contributed by atoms with Crippen LogP contribution in [-0.2, 0) is 76.0 Å². The minimum Gasteiger partial charge on any atom is -0.477 e. The third-order valence-corrected chi connectivity index (χ3v) is 23.7. The van der Waals surface area contributed by atoms with Gasteiger partial charge in [0.25, 0.3) is 5.79 Å². The number of nitrogens with one attached hydrogen (secondary N) is 3. The van der Waals surface area contributed by atoms with E-state index in [1.165, 1.54) is 142 Å². The third kappa shape index (κ3) is 32.5. The summed E-state index contributed by atoms with van der Waals surface area (Å²) < 4.78 is 72.3. The van der Waals surface area contributed by atoms with Crippen LogP contribution in [0.25, 0.3) is 0 Å². The summed E-state index contributed by atoms with van der Waals surface area (Å²) in [6, 6.07) is -4.88. The van der Waals surface area contributed by atoms with Gasteiger partial charge in [-0.25, -0.2) is 4.79 Å². The maximum Gasteiger partial charge on any atom is 0.364 e. The minimum atomic E-state index is -3.30. The Morgan fingerprint density at radius 2 is 0.860 bits per heavy atom. The van der Waals surface area contributed by atoms with Crippen molar-refractivity contribution in [3.63, 3.8) is 0 Å². The molecule has 6 fully saturated rings. The van der Waals surface area contributed by atoms with E-state index in [-0.39, 0.29) is 12.3 Å². The van der Waals surface area contributed by atoms with Crippen LogP contribution in [0.4, 0.5) is 0 Å². The van der Waals surface area contributed by atoms with Crippen molar-refractivity contribution in [1.29, 1.82) is 0 Å². The second kappa shape index (κ2) is 56.0. The highest BCUT2D eigenvalue weighted by Crippen LogP contribution is 2.41. The normalized spacial score (nSPS) is 35.8. The van der Waals surface area contributed by atoms with Crippen LogP contribution in [0.15, 0.2) is 12.2 Å². The number of hydrogen-bond donors (Lipinski definition) is 22. The van der Waals surface area contributed by atoms with Crippen LogP contribution in [0.1, 0.15) is 247 Å². The van der Waals surface area contributed by atoms with E-state index in [2.05, 4.69) is 29.8 Å². The van der Waals surface area contributed by atoms with Crippen molar-refractivity contribution in [1.82, 2.24) is 16.0 Å². The van der Waals surface area contributed by atoms with Crippen molar-refractivity contribution in [2.24, 2.45) is 0 Å². The standard InChI is InChI=1S/C83H149N3O35/c1-6-8-10-12-14-16-18-20-21-22-23-24-25-27-29-31-33-35-37-39-58(97)86-50(51(94)38-36-34-32-30-28-26-19-17-15-13-11-9-7-2)46-110-78-68(105)66(103)71(56(44-90)115-78)116-80-69(106)75(63(100)54(42-88)112-80)119-77-60(85-49(5)93)74(72(57(45-91)114-77)117-79-67(104)65(102)61(98)47(3)111-79)118-81-70(107)76(64(101)55(43-89)113-81)121-83(82(108)109)40-52(95)59(84-48(4)92)73(120-83)62(99)53(96)41-87/h36,38,47,50-57,59-81,87-91,94-96,98-107H,6-35,37,39-46H2,1-5H3,(H,84,92)(H,85,93)(H,86,97)(H,108,109)/b38-36+/t47?,50-,51+,52?,53+,54?,55?,56?,57?,59+,60?,61+,62+,63-,64-,65?,66+,67-,68?,69?,70?,71+,72+,73?,74+,75-,76-,77-,78+,79+,80-,81-,83-/m0/s1. The van der Waals surface area contributed by atoms with Crippen LogP contribution >= 0.6 is 0 Å². The number of hydrogen-bond acceptors (Lipinski definition) is 34. The molecule has 3 amide bonds. The Bertz CT molecular complexity index is 2890. The van der Waals surface area contributed by atoms with Gasteiger partial charge in [-0.15, -0.1) is 0 Å². The predicted molar refractivity (Wildman–Crippen MR) is 428 cm³/mol. The summed E-state index contributed by atoms with van der Waals surface area (Å²) in [5, 5.41) is 221. The van der Waals surface area contributed by atoms with Gasteiger partial charge in [0, 0.05) is 26.7 Å². The molecule has 0 aliphatic carbocycles. The highest BCUT2D eigenvalue weighted by molar-refractivity contribution is 5.77. The fourth-order valence-corrected chi connectivity index (χ4v) is 16.4. The van der Waals surface area contributed by atoms with Crippen molar-refractivity contribution in [3.8, 4) is 0 Å². The van der Waals surface area contributed by atoms with Gasteiger partial charge in [0.1, 0.15) is 134 Å². The number of carbonyl (C=O) groups is 4. The Hall–Kier alpha value is -3.58. The third-order valence-electron chi connectivity index (χ3n) is 23.7. The van der Waals surface area contributed by atoms with Gasteiger partial charge in [0.15, 0.2) is 31.5 Å². The Labute approximate surface area is 710 Å². The molecule has 0 radical (unpaired) electrons. The van der Waals surface area contributed by atoms with E-state index >= 15 is 0 Å². The quantitative estimate of drug-likeness (QED) is 0.0266. The first-order chi connectivity index (χ1) is 58.0. The second-order valence-corrected chi connectivity index (χ2v) is 33.5. The summed E-state index contributed by atoms with van der Waals surface area (Å²) in [4.78, 5) is 53.0. The van der Waals surface area contributed by atoms with Crippen LogP contribution in [0.2, 0.25) is 0 Å². The number of rotatable bonds is 58. The van der Waals surface area contributed by atoms with Gasteiger partial charge in [0.2, 0.25) is 17.7 Å². The Morgan fingerprint density at radius 1 is 0.446 bits per heavy atom. The molecule has 0 spiro atoms. The second-order valence-electron chi connectivity index (χ2n) is 33.5. The molecular weight excluding hydrogens is 1600 g/mol. The first kappa shape index (κ1) is 106. The van der Waals surface area contributed by atoms with Crippen LogP contribution in [0.3, 0.4) is 0 Å². The van der Waals surface area contributed by atoms with E-state index in [0.717, 1.165) is 65.2 Å². The van der Waals surface area contributed by atoms with Crippen molar-refractivity contribution >= 4 is 23.7 Å². The number of allylic oxidation sites excluding steroid dienone is 1. The van der Waals surface area contributed by atoms with E-state index in [9.17, 15) is 116 Å². The van der Waals surface area contributed by atoms with Gasteiger partial charge in [0.05, 0.1) is 70.0 Å². The lowest BCUT2D eigenvalue weighted by molar-refractivity contribution is -0.399. The Balaban J connectivity index is 1.18. The molecule has 22 N–H and O–H groups in total. The molecule has 0 saturated carbocycles. The zero-order valence-corrected chi connectivity index (χ0v) is 71.2. The Kier molecular flexibility index (Phi) is 49.1. The molecule has 6 aliphatic heterocycles. The minimum absolute atomic E-state index is 0.148. The topological polar surface area (TPSA) is 600 Å². The molecule has 706 valence electrons. The van der Waals surface area contributed by atoms with Crippen molar-refractivity contribution in [3.05, 3.63) is 12.2 Å². The number of carboxylic acids is 1. The molecule has 6 rings (SSSR count). The zero-order valence-electron chi connectivity index (χ0n) is 71.2. The van der Waals surface area contributed by atoms with E-state index in [1.54, 1.807) is 6.08 Å². The van der Waals surface area contributed by atoms with Gasteiger partial charge < -0.3 is 170 Å². The maximum atomic E-state index is 13.7. The van der Waals surface area contributed by atoms with Crippen molar-refractivity contribution < 1.29 is 173 Å². The summed E-state index contributed by atoms with van der Waals surface area (Å²) in [7, 11) is 0. The molecule has 33 atom stereocenters. The van der Waals surface area contributed by atoms with Crippen molar-refractivity contribution in [2.75, 3.05) is 39.6 Å². The fraction of sp³-hybridized carbons (Fsp3) is 0.928. The lowest BCUT2D eigenvalue weighted by Crippen LogP contribution is -2.72. The largest absolute Gasteiger partial charge is 0.477 e. The molecule has 12 unspecified atom stereocenters. The average molecular weight is 1750 g/mol. The van der Waals surface area contributed by atoms with E-state index < -0.39 is 266 Å². The highest BCUT2D eigenvalue weighted by atomic mass is 16.8. The van der Waals surface area contributed by atoms with Crippen molar-refractivity contribution in [2.45, 2.75) is 448 Å². The fourth-order valence-electron chi connectivity index (χ4n) is 16.4. The number of aliphatic hydroxyl groups is 18. The van der Waals surface area contributed by atoms with Gasteiger partial charge >= 0.3 is 5.97 Å². The molecular formula is C83H149N3O35. The number of ether oxygens (including phenoxy) is 12. The molecule has 6 saturated heterocycles. The SMILES string of the molecule is CCCCCCCCCCCCC/C=C/[C@@H](O)[C@H](CO[C@@H]1OC(CO)[C@@H](O[C@@H]2OC(CO)[C@H](O)[C@H](O[C@@H]3OC(CO)[C@@H](O[C@H]4OC(C)[C@@H](O)C(O)[C@@H]4O)[C@H](O[C@@H]4OC(CO)[C@H](O)[C@H](O[C@]5(C(=O)O)CC(O)[C@@H](NC(C)=O)C([C@H](O)[C@H](O)CO)O5)C4O)C3NC(C)=O)C2O)[C@H](O)C1O)NC(=O)CCCCCCCCCCCCCCCCCCCCC. The van der Waals surface area contributed by atoms with Gasteiger partial charge in [-0.3, -0.25) is 14.4 Å². The summed E-state index contributed by atoms with van der Waals surface area (Å²) in [5.74, 6) is -7.64. The molecule has 6 heterocycles. The molecule has 0 bridgehead atoms. The summed E-state index contributed by atoms with van der Waals surface area (Å²) in [5.41, 5.74) is 0. The lowest BCUT2D eigenvalue weighted by Gasteiger charge is -2.52. The number of amides is 3. The van der Waals surface area contributed by atoms with Gasteiger partial charge in [-0.05, 0) is 26.2 Å². The van der Waals surface area contributed by atoms with Crippen LogP contribution in [-0.4, -0.2) is 362 Å². The summed E-state index contributed by atoms with van der Waals surface area (Å²) in [6.45, 7) is 1.49. The number of carboxylic acid groups (broad SMARTS) is 1. The number of unbranched alkanes of at least 4 members (excludes halogenated alkanes) is 29. The molecule has 0 aromatic rings. The van der Waals surface area contributed by atoms with Crippen LogP contribution < -0.4 is 16.0 Å². The van der Waals surface area contributed by atoms with Gasteiger partial charge in [-0.1, -0.05) is 206 Å². The maximum absolute atomic E-state index is 13.7. The molecule has 38 nitrogen and oxygen atoms in total. The Morgan fingerprint density at radius 3 is 1.35 bits per heavy atom. The average Bonchev–Trinajstić information content (AvgIpc) is 0.754. The van der Waals surface area contributed by atoms with E-state index in [4.69, 9.17) is 56.8 Å². The van der Waals surface area contributed by atoms with E-state index in [1.807, 2.05) is 6.08 Å². The first-order valence-electron chi connectivity index (χ1n) is 44.5. The monoisotopic (exact) mass is 1750 g/mol. The number of aliphatic hydroxyl groups excluding tert-OH is 18. The molecule has 0 aromatic heterocycles. The van der Waals surface area contributed by atoms with Crippen LogP contribution in [0.5, 0.6) is 0 Å². The lowest BCUT2D eigenvalue weighted by atomic mass is 9.88. The molecule has 6 aliphatic rings. The zero-order chi connectivity index (χ0) is 88.9. The highest BCUT2D eigenvalue weighted by Gasteiger charge is 2.62. The van der Waals surface area contributed by atoms with Crippen LogP contribution in [0, 0.1) is 0 Å². The molecule has 121 heavy (non-hydrogen) atoms. The first-order valence-corrected chi connectivity index (χ1v) is 44.5. The summed E-state index contributed by atoms with van der Waals surface area (Å²) >= 11 is 0. The number of carbonyl (C=O) groups excluding carboxylic acids is 3. The summed E-state index contributed by atoms with van der Waals surface area (Å²) in [6.07, 6.45) is -21.0. The number of aliphatic carboxylic acids is 1. The smallest absolute Gasteiger partial charge is 0.364 e.